The van der Waals surface area contributed by atoms with Crippen molar-refractivity contribution < 1.29 is 22.4 Å². The second-order valence-corrected chi connectivity index (χ2v) is 8.64. The van der Waals surface area contributed by atoms with Crippen LogP contribution in [0.1, 0.15) is 43.5 Å². The number of urea groups is 1. The van der Waals surface area contributed by atoms with Gasteiger partial charge in [-0.2, -0.15) is 13.2 Å². The maximum absolute atomic E-state index is 13.5. The molecule has 6 rings (SSSR count). The first-order valence-electron chi connectivity index (χ1n) is 10.1. The van der Waals surface area contributed by atoms with Crippen molar-refractivity contribution in [3.05, 3.63) is 59.7 Å². The Labute approximate surface area is 175 Å². The minimum atomic E-state index is -4.83. The number of anilines is 1. The summed E-state index contributed by atoms with van der Waals surface area (Å²) in [6.45, 7) is 0. The molecule has 3 aromatic rings. The number of carbonyl (C=O) groups is 1. The third-order valence-corrected chi connectivity index (χ3v) is 6.46. The number of benzene rings is 2. The summed E-state index contributed by atoms with van der Waals surface area (Å²) in [5.41, 5.74) is -0.206. The van der Waals surface area contributed by atoms with Gasteiger partial charge in [-0.25, -0.2) is 14.2 Å². The Bertz CT molecular complexity index is 1130. The fourth-order valence-corrected chi connectivity index (χ4v) is 5.23. The van der Waals surface area contributed by atoms with Crippen LogP contribution < -0.4 is 10.6 Å². The molecule has 9 heteroatoms. The van der Waals surface area contributed by atoms with Gasteiger partial charge in [0.25, 0.3) is 0 Å². The number of hydrogen-bond donors (Lipinski definition) is 3. The van der Waals surface area contributed by atoms with E-state index >= 15 is 0 Å². The zero-order chi connectivity index (χ0) is 21.9. The molecule has 31 heavy (non-hydrogen) atoms. The van der Waals surface area contributed by atoms with E-state index in [4.69, 9.17) is 4.98 Å². The maximum Gasteiger partial charge on any atom is 0.419 e. The standard InChI is InChI=1S/C22H20F4N4O/c23-15-7-6-13(10-14(15)22(24,25)26)27-19(31)30-21-9-3-8-20(11-21,12-21)18-28-16-4-1-2-5-17(16)29-18/h1-2,4-7,10H,3,8-9,11-12H2,(H,28,29)(H2,27,30,31). The zero-order valence-electron chi connectivity index (χ0n) is 16.4. The van der Waals surface area contributed by atoms with Gasteiger partial charge in [-0.1, -0.05) is 18.6 Å². The predicted octanol–water partition coefficient (Wildman–Crippen LogP) is 5.50. The van der Waals surface area contributed by atoms with Gasteiger partial charge in [-0.15, -0.1) is 0 Å². The van der Waals surface area contributed by atoms with Gasteiger partial charge in [-0.05, 0) is 56.0 Å². The number of hydrogen-bond acceptors (Lipinski definition) is 2. The van der Waals surface area contributed by atoms with Gasteiger partial charge in [0.15, 0.2) is 0 Å². The largest absolute Gasteiger partial charge is 0.419 e. The smallest absolute Gasteiger partial charge is 0.342 e. The molecule has 3 fully saturated rings. The molecule has 0 radical (unpaired) electrons. The summed E-state index contributed by atoms with van der Waals surface area (Å²) in [4.78, 5) is 20.7. The van der Waals surface area contributed by atoms with Crippen molar-refractivity contribution in [2.75, 3.05) is 5.32 Å². The third-order valence-electron chi connectivity index (χ3n) is 6.46. The number of carbonyl (C=O) groups excluding carboxylic acids is 1. The minimum absolute atomic E-state index is 0.110. The third kappa shape index (κ3) is 3.41. The van der Waals surface area contributed by atoms with E-state index in [0.717, 1.165) is 42.2 Å². The summed E-state index contributed by atoms with van der Waals surface area (Å²) in [5, 5.41) is 5.36. The summed E-state index contributed by atoms with van der Waals surface area (Å²) >= 11 is 0. The van der Waals surface area contributed by atoms with Crippen LogP contribution in [0.25, 0.3) is 11.0 Å². The number of imidazole rings is 1. The highest BCUT2D eigenvalue weighted by Crippen LogP contribution is 2.58. The fourth-order valence-electron chi connectivity index (χ4n) is 5.23. The number of fused-ring (bicyclic) bond motifs is 3. The number of nitrogens with one attached hydrogen (secondary N) is 3. The molecule has 2 bridgehead atoms. The molecule has 0 atom stereocenters. The number of para-hydroxylation sites is 2. The quantitative estimate of drug-likeness (QED) is 0.479. The van der Waals surface area contributed by atoms with Crippen molar-refractivity contribution in [1.82, 2.24) is 15.3 Å². The van der Waals surface area contributed by atoms with Crippen molar-refractivity contribution in [2.24, 2.45) is 0 Å². The number of aromatic nitrogens is 2. The van der Waals surface area contributed by atoms with Crippen molar-refractivity contribution in [1.29, 1.82) is 0 Å². The average molecular weight is 432 g/mol. The monoisotopic (exact) mass is 432 g/mol. The second-order valence-electron chi connectivity index (χ2n) is 8.64. The van der Waals surface area contributed by atoms with Gasteiger partial charge in [0, 0.05) is 16.6 Å². The molecule has 0 unspecified atom stereocenters. The molecule has 5 nitrogen and oxygen atoms in total. The molecule has 1 heterocycles. The molecule has 2 aromatic carbocycles. The molecule has 0 spiro atoms. The molecule has 3 N–H and O–H groups in total. The first-order valence-corrected chi connectivity index (χ1v) is 10.1. The van der Waals surface area contributed by atoms with E-state index in [2.05, 4.69) is 15.6 Å². The molecule has 2 amide bonds. The SMILES string of the molecule is O=C(Nc1ccc(F)c(C(F)(F)F)c1)NC12CCCC(c3nc4ccccc4[nH]3)(C1)C2. The van der Waals surface area contributed by atoms with Gasteiger partial charge in [0.1, 0.15) is 11.6 Å². The summed E-state index contributed by atoms with van der Waals surface area (Å²) in [5.74, 6) is -0.460. The van der Waals surface area contributed by atoms with Gasteiger partial charge in [-0.3, -0.25) is 0 Å². The van der Waals surface area contributed by atoms with E-state index in [9.17, 15) is 22.4 Å². The Kier molecular flexibility index (Phi) is 4.29. The highest BCUT2D eigenvalue weighted by atomic mass is 19.4. The van der Waals surface area contributed by atoms with E-state index in [-0.39, 0.29) is 11.1 Å². The van der Waals surface area contributed by atoms with E-state index in [1.807, 2.05) is 24.3 Å². The minimum Gasteiger partial charge on any atom is -0.342 e. The lowest BCUT2D eigenvalue weighted by atomic mass is 9.49. The molecule has 162 valence electrons. The Morgan fingerprint density at radius 3 is 2.61 bits per heavy atom. The van der Waals surface area contributed by atoms with Crippen molar-refractivity contribution >= 4 is 22.8 Å². The van der Waals surface area contributed by atoms with Crippen molar-refractivity contribution in [2.45, 2.75) is 49.2 Å². The van der Waals surface area contributed by atoms with Crippen LogP contribution in [0.15, 0.2) is 42.5 Å². The second kappa shape index (κ2) is 6.70. The molecule has 3 saturated carbocycles. The van der Waals surface area contributed by atoms with E-state index in [0.29, 0.717) is 25.0 Å². The van der Waals surface area contributed by atoms with Crippen LogP contribution in [0.5, 0.6) is 0 Å². The van der Waals surface area contributed by atoms with Crippen LogP contribution in [-0.4, -0.2) is 21.5 Å². The van der Waals surface area contributed by atoms with E-state index < -0.39 is 29.1 Å². The Morgan fingerprint density at radius 2 is 1.87 bits per heavy atom. The molecule has 1 aromatic heterocycles. The molecule has 3 aliphatic rings. The summed E-state index contributed by atoms with van der Waals surface area (Å²) in [7, 11) is 0. The number of alkyl halides is 3. The lowest BCUT2D eigenvalue weighted by Gasteiger charge is -2.59. The summed E-state index contributed by atoms with van der Waals surface area (Å²) in [6, 6.07) is 9.62. The number of rotatable bonds is 3. The van der Waals surface area contributed by atoms with Gasteiger partial charge in [0.2, 0.25) is 0 Å². The van der Waals surface area contributed by atoms with Crippen LogP contribution in [0.3, 0.4) is 0 Å². The maximum atomic E-state index is 13.5. The molecule has 0 saturated heterocycles. The van der Waals surface area contributed by atoms with Crippen LogP contribution >= 0.6 is 0 Å². The Morgan fingerprint density at radius 1 is 1.10 bits per heavy atom. The fraction of sp³-hybridized carbons (Fsp3) is 0.364. The molecular weight excluding hydrogens is 412 g/mol. The van der Waals surface area contributed by atoms with Crippen LogP contribution in [0, 0.1) is 5.82 Å². The molecule has 0 aliphatic heterocycles. The van der Waals surface area contributed by atoms with E-state index in [1.54, 1.807) is 0 Å². The number of halogens is 4. The topological polar surface area (TPSA) is 69.8 Å². The highest BCUT2D eigenvalue weighted by Gasteiger charge is 2.60. The average Bonchev–Trinajstić information content (AvgIpc) is 3.13. The van der Waals surface area contributed by atoms with Crippen molar-refractivity contribution in [3.8, 4) is 0 Å². The van der Waals surface area contributed by atoms with Gasteiger partial charge >= 0.3 is 12.2 Å². The van der Waals surface area contributed by atoms with Crippen LogP contribution in [0.4, 0.5) is 28.0 Å². The zero-order valence-corrected chi connectivity index (χ0v) is 16.4. The van der Waals surface area contributed by atoms with Gasteiger partial charge < -0.3 is 15.6 Å². The van der Waals surface area contributed by atoms with Crippen LogP contribution in [0.2, 0.25) is 0 Å². The van der Waals surface area contributed by atoms with E-state index in [1.165, 1.54) is 0 Å². The lowest BCUT2D eigenvalue weighted by Crippen LogP contribution is -2.67. The number of aromatic amines is 1. The number of amides is 2. The normalized spacial score (nSPS) is 25.2. The molecular formula is C22H20F4N4O. The van der Waals surface area contributed by atoms with Crippen molar-refractivity contribution in [3.63, 3.8) is 0 Å². The lowest BCUT2D eigenvalue weighted by molar-refractivity contribution is -0.139. The highest BCUT2D eigenvalue weighted by molar-refractivity contribution is 5.90. The number of nitrogens with zero attached hydrogens (tertiary/aromatic N) is 1. The Balaban J connectivity index is 1.29. The summed E-state index contributed by atoms with van der Waals surface area (Å²) in [6.07, 6.45) is -0.744. The molecule has 3 aliphatic carbocycles. The number of H-pyrrole nitrogens is 1. The Hall–Kier alpha value is -3.10. The summed E-state index contributed by atoms with van der Waals surface area (Å²) < 4.78 is 52.2. The van der Waals surface area contributed by atoms with Gasteiger partial charge in [0.05, 0.1) is 16.6 Å². The predicted molar refractivity (Wildman–Crippen MR) is 107 cm³/mol. The first-order chi connectivity index (χ1) is 14.7. The van der Waals surface area contributed by atoms with Crippen LogP contribution in [-0.2, 0) is 11.6 Å². The first kappa shape index (κ1) is 19.8.